The molecule has 2 atom stereocenters. The van der Waals surface area contributed by atoms with Gasteiger partial charge in [0.1, 0.15) is 0 Å². The van der Waals surface area contributed by atoms with Crippen molar-refractivity contribution in [2.75, 3.05) is 18.2 Å². The number of para-hydroxylation sites is 1. The van der Waals surface area contributed by atoms with Gasteiger partial charge in [-0.25, -0.2) is 0 Å². The van der Waals surface area contributed by atoms with Gasteiger partial charge in [0.25, 0.3) is 5.91 Å². The number of ether oxygens (including phenoxy) is 1. The lowest BCUT2D eigenvalue weighted by atomic mass is 10.1. The summed E-state index contributed by atoms with van der Waals surface area (Å²) in [5.41, 5.74) is 12.9. The topological polar surface area (TPSA) is 90.4 Å². The largest absolute Gasteiger partial charge is 0.397 e. The zero-order valence-electron chi connectivity index (χ0n) is 10.5. The summed E-state index contributed by atoms with van der Waals surface area (Å²) in [5, 5.41) is 3.32. The normalized spacial score (nSPS) is 22.9. The number of anilines is 2. The minimum absolute atomic E-state index is 0.276. The summed E-state index contributed by atoms with van der Waals surface area (Å²) < 4.78 is 5.32. The number of carbonyl (C=O) groups is 1. The fourth-order valence-corrected chi connectivity index (χ4v) is 2.43. The summed E-state index contributed by atoms with van der Waals surface area (Å²) in [5.74, 6) is -0.467. The highest BCUT2D eigenvalue weighted by Gasteiger charge is 2.25. The molecule has 0 bridgehead atoms. The fraction of sp³-hybridized carbons (Fsp3) is 0.462. The van der Waals surface area contributed by atoms with E-state index in [2.05, 4.69) is 5.32 Å². The zero-order valence-corrected chi connectivity index (χ0v) is 10.5. The molecule has 5 nitrogen and oxygen atoms in total. The number of carbonyl (C=O) groups excluding carboxylic acids is 1. The summed E-state index contributed by atoms with van der Waals surface area (Å²) in [6.07, 6.45) is 3.23. The van der Waals surface area contributed by atoms with Crippen molar-refractivity contribution in [3.8, 4) is 0 Å². The third-order valence-corrected chi connectivity index (χ3v) is 3.43. The quantitative estimate of drug-likeness (QED) is 0.702. The van der Waals surface area contributed by atoms with E-state index in [-0.39, 0.29) is 12.1 Å². The lowest BCUT2D eigenvalue weighted by molar-refractivity contribution is 0.100. The molecule has 18 heavy (non-hydrogen) atoms. The third kappa shape index (κ3) is 2.56. The van der Waals surface area contributed by atoms with Crippen LogP contribution in [0.3, 0.4) is 0 Å². The Balaban J connectivity index is 2.16. The van der Waals surface area contributed by atoms with Gasteiger partial charge in [-0.2, -0.15) is 0 Å². The molecular formula is C13H19N3O2. The van der Waals surface area contributed by atoms with Crippen LogP contribution in [0.25, 0.3) is 0 Å². The van der Waals surface area contributed by atoms with E-state index in [9.17, 15) is 4.79 Å². The predicted molar refractivity (Wildman–Crippen MR) is 71.4 cm³/mol. The highest BCUT2D eigenvalue weighted by atomic mass is 16.5. The average Bonchev–Trinajstić information content (AvgIpc) is 2.79. The summed E-state index contributed by atoms with van der Waals surface area (Å²) >= 11 is 0. The van der Waals surface area contributed by atoms with Gasteiger partial charge in [0.2, 0.25) is 0 Å². The van der Waals surface area contributed by atoms with Crippen LogP contribution < -0.4 is 16.8 Å². The number of benzene rings is 1. The first-order valence-corrected chi connectivity index (χ1v) is 6.09. The molecule has 2 rings (SSSR count). The summed E-state index contributed by atoms with van der Waals surface area (Å²) in [4.78, 5) is 11.4. The van der Waals surface area contributed by atoms with Crippen LogP contribution >= 0.6 is 0 Å². The maximum Gasteiger partial charge on any atom is 0.250 e. The van der Waals surface area contributed by atoms with E-state index in [4.69, 9.17) is 16.2 Å². The average molecular weight is 249 g/mol. The van der Waals surface area contributed by atoms with Crippen molar-refractivity contribution in [3.63, 3.8) is 0 Å². The molecule has 0 spiro atoms. The highest BCUT2D eigenvalue weighted by Crippen LogP contribution is 2.29. The molecular weight excluding hydrogens is 230 g/mol. The number of rotatable bonds is 4. The first-order chi connectivity index (χ1) is 8.61. The van der Waals surface area contributed by atoms with Gasteiger partial charge in [-0.05, 0) is 31.4 Å². The smallest absolute Gasteiger partial charge is 0.250 e. The minimum atomic E-state index is -0.467. The van der Waals surface area contributed by atoms with Crippen molar-refractivity contribution in [3.05, 3.63) is 23.8 Å². The molecule has 1 fully saturated rings. The van der Waals surface area contributed by atoms with Crippen LogP contribution in [-0.4, -0.2) is 25.2 Å². The van der Waals surface area contributed by atoms with Gasteiger partial charge in [-0.3, -0.25) is 4.79 Å². The monoisotopic (exact) mass is 249 g/mol. The summed E-state index contributed by atoms with van der Waals surface area (Å²) in [7, 11) is 1.72. The lowest BCUT2D eigenvalue weighted by Crippen LogP contribution is -2.22. The molecule has 5 heteroatoms. The van der Waals surface area contributed by atoms with Crippen LogP contribution in [0.2, 0.25) is 0 Å². The molecule has 1 aliphatic rings. The lowest BCUT2D eigenvalue weighted by Gasteiger charge is -2.18. The molecule has 1 aromatic rings. The third-order valence-electron chi connectivity index (χ3n) is 3.43. The van der Waals surface area contributed by atoms with Crippen LogP contribution in [-0.2, 0) is 4.74 Å². The van der Waals surface area contributed by atoms with E-state index in [1.807, 2.05) is 0 Å². The van der Waals surface area contributed by atoms with E-state index in [0.717, 1.165) is 19.3 Å². The van der Waals surface area contributed by atoms with Crippen molar-refractivity contribution in [1.29, 1.82) is 0 Å². The van der Waals surface area contributed by atoms with E-state index >= 15 is 0 Å². The summed E-state index contributed by atoms with van der Waals surface area (Å²) in [6.45, 7) is 0. The predicted octanol–water partition coefficient (Wildman–Crippen LogP) is 1.35. The molecule has 1 aromatic carbocycles. The van der Waals surface area contributed by atoms with Gasteiger partial charge in [0.05, 0.1) is 23.0 Å². The van der Waals surface area contributed by atoms with E-state index in [1.54, 1.807) is 25.3 Å². The van der Waals surface area contributed by atoms with Crippen molar-refractivity contribution < 1.29 is 9.53 Å². The van der Waals surface area contributed by atoms with Gasteiger partial charge >= 0.3 is 0 Å². The maximum atomic E-state index is 11.4. The second kappa shape index (κ2) is 5.27. The van der Waals surface area contributed by atoms with Gasteiger partial charge in [-0.15, -0.1) is 0 Å². The van der Waals surface area contributed by atoms with E-state index < -0.39 is 5.91 Å². The molecule has 5 N–H and O–H groups in total. The van der Waals surface area contributed by atoms with Crippen LogP contribution in [0.1, 0.15) is 29.6 Å². The number of primary amides is 1. The molecule has 0 radical (unpaired) electrons. The molecule has 1 saturated carbocycles. The van der Waals surface area contributed by atoms with Crippen molar-refractivity contribution in [2.45, 2.75) is 31.4 Å². The van der Waals surface area contributed by atoms with Crippen LogP contribution in [0.15, 0.2) is 18.2 Å². The Morgan fingerprint density at radius 2 is 2.22 bits per heavy atom. The first-order valence-electron chi connectivity index (χ1n) is 6.09. The highest BCUT2D eigenvalue weighted by molar-refractivity contribution is 6.01. The zero-order chi connectivity index (χ0) is 13.1. The molecule has 1 amide bonds. The second-order valence-corrected chi connectivity index (χ2v) is 4.65. The van der Waals surface area contributed by atoms with Crippen molar-refractivity contribution in [2.24, 2.45) is 5.73 Å². The van der Waals surface area contributed by atoms with E-state index in [1.165, 1.54) is 0 Å². The van der Waals surface area contributed by atoms with Crippen molar-refractivity contribution >= 4 is 17.3 Å². The molecule has 1 aliphatic carbocycles. The number of nitrogens with one attached hydrogen (secondary N) is 1. The first kappa shape index (κ1) is 12.7. The molecule has 98 valence electrons. The molecule has 2 unspecified atom stereocenters. The second-order valence-electron chi connectivity index (χ2n) is 4.65. The van der Waals surface area contributed by atoms with Gasteiger partial charge < -0.3 is 21.5 Å². The number of nitrogens with two attached hydrogens (primary N) is 2. The molecule has 0 aromatic heterocycles. The Labute approximate surface area is 106 Å². The molecule has 0 heterocycles. The van der Waals surface area contributed by atoms with Gasteiger partial charge in [-0.1, -0.05) is 6.07 Å². The Bertz CT molecular complexity index is 448. The van der Waals surface area contributed by atoms with Crippen molar-refractivity contribution in [1.82, 2.24) is 0 Å². The maximum absolute atomic E-state index is 11.4. The minimum Gasteiger partial charge on any atom is -0.397 e. The van der Waals surface area contributed by atoms with Crippen LogP contribution in [0.4, 0.5) is 11.4 Å². The standard InChI is InChI=1S/C13H19N3O2/c1-18-9-6-5-8(7-9)16-12-10(13(15)17)3-2-4-11(12)14/h2-4,8-9,16H,5-7,14H2,1H3,(H2,15,17). The number of nitrogen functional groups attached to an aromatic ring is 1. The Hall–Kier alpha value is -1.75. The number of hydrogen-bond acceptors (Lipinski definition) is 4. The Morgan fingerprint density at radius 3 is 2.83 bits per heavy atom. The Morgan fingerprint density at radius 1 is 1.44 bits per heavy atom. The number of hydrogen-bond donors (Lipinski definition) is 3. The van der Waals surface area contributed by atoms with E-state index in [0.29, 0.717) is 16.9 Å². The van der Waals surface area contributed by atoms with Crippen LogP contribution in [0.5, 0.6) is 0 Å². The van der Waals surface area contributed by atoms with Gasteiger partial charge in [0, 0.05) is 13.2 Å². The Kier molecular flexibility index (Phi) is 3.72. The number of amides is 1. The van der Waals surface area contributed by atoms with Gasteiger partial charge in [0.15, 0.2) is 0 Å². The SMILES string of the molecule is COC1CCC(Nc2c(N)cccc2C(N)=O)C1. The molecule has 0 saturated heterocycles. The van der Waals surface area contributed by atoms with Crippen LogP contribution in [0, 0.1) is 0 Å². The summed E-state index contributed by atoms with van der Waals surface area (Å²) in [6, 6.07) is 5.45. The molecule has 0 aliphatic heterocycles. The fourth-order valence-electron chi connectivity index (χ4n) is 2.43. The number of methoxy groups -OCH3 is 1.